The highest BCUT2D eigenvalue weighted by molar-refractivity contribution is 7.92. The first-order valence-electron chi connectivity index (χ1n) is 9.31. The van der Waals surface area contributed by atoms with Gasteiger partial charge in [0.05, 0.1) is 17.9 Å². The highest BCUT2D eigenvalue weighted by atomic mass is 32.2. The number of alkyl halides is 2. The molecule has 0 bridgehead atoms. The molecule has 2 saturated heterocycles. The average Bonchev–Trinajstić information content (AvgIpc) is 2.87. The number of ether oxygens (including phenoxy) is 2. The lowest BCUT2D eigenvalue weighted by molar-refractivity contribution is -0.172. The van der Waals surface area contributed by atoms with E-state index in [1.165, 1.54) is 12.1 Å². The fraction of sp³-hybridized carbons (Fsp3) is 0.600. The molecule has 5 nitrogen and oxygen atoms in total. The second-order valence-electron chi connectivity index (χ2n) is 8.56. The zero-order chi connectivity index (χ0) is 20.6. The van der Waals surface area contributed by atoms with Gasteiger partial charge in [0, 0.05) is 24.6 Å². The van der Waals surface area contributed by atoms with E-state index in [0.29, 0.717) is 12.3 Å². The van der Waals surface area contributed by atoms with Crippen LogP contribution >= 0.6 is 0 Å². The molecular formula is C20H27F2NO4S. The van der Waals surface area contributed by atoms with Crippen LogP contribution in [-0.2, 0) is 9.84 Å². The van der Waals surface area contributed by atoms with Crippen LogP contribution in [0.4, 0.5) is 8.78 Å². The lowest BCUT2D eigenvalue weighted by atomic mass is 9.91. The van der Waals surface area contributed by atoms with Crippen molar-refractivity contribution in [2.24, 2.45) is 5.41 Å². The van der Waals surface area contributed by atoms with Gasteiger partial charge in [-0.25, -0.2) is 8.42 Å². The minimum absolute atomic E-state index is 0.0277. The number of benzene rings is 1. The summed E-state index contributed by atoms with van der Waals surface area (Å²) in [6.07, 6.45) is -1.90. The van der Waals surface area contributed by atoms with Crippen molar-refractivity contribution in [3.8, 4) is 11.5 Å². The Kier molecular flexibility index (Phi) is 5.49. The van der Waals surface area contributed by atoms with E-state index in [2.05, 4.69) is 11.5 Å². The third-order valence-electron chi connectivity index (χ3n) is 5.02. The molecule has 156 valence electrons. The van der Waals surface area contributed by atoms with Gasteiger partial charge in [0.2, 0.25) is 0 Å². The Morgan fingerprint density at radius 2 is 1.89 bits per heavy atom. The quantitative estimate of drug-likeness (QED) is 0.608. The van der Waals surface area contributed by atoms with Gasteiger partial charge < -0.3 is 9.47 Å². The number of hydrogen-bond acceptors (Lipinski definition) is 5. The number of hydrogen-bond donors (Lipinski definition) is 0. The van der Waals surface area contributed by atoms with Crippen molar-refractivity contribution in [2.45, 2.75) is 38.4 Å². The molecule has 1 aromatic carbocycles. The lowest BCUT2D eigenvalue weighted by Crippen LogP contribution is -2.51. The summed E-state index contributed by atoms with van der Waals surface area (Å²) in [6, 6.07) is 6.21. The number of likely N-dealkylation sites (tertiary alicyclic amines) is 1. The number of halogens is 2. The van der Waals surface area contributed by atoms with E-state index >= 15 is 0 Å². The van der Waals surface area contributed by atoms with E-state index < -0.39 is 28.0 Å². The minimum Gasteiger partial charge on any atom is -0.486 e. The molecule has 8 heteroatoms. The van der Waals surface area contributed by atoms with Gasteiger partial charge in [-0.15, -0.1) is 6.58 Å². The second-order valence-corrected chi connectivity index (χ2v) is 10.6. The van der Waals surface area contributed by atoms with Crippen LogP contribution in [-0.4, -0.2) is 56.2 Å². The van der Waals surface area contributed by atoms with Crippen LogP contribution in [0, 0.1) is 5.41 Å². The van der Waals surface area contributed by atoms with Crippen LogP contribution in [0.15, 0.2) is 36.9 Å². The van der Waals surface area contributed by atoms with E-state index in [1.54, 1.807) is 12.1 Å². The maximum atomic E-state index is 13.6. The van der Waals surface area contributed by atoms with E-state index in [0.717, 1.165) is 25.6 Å². The third kappa shape index (κ3) is 5.23. The van der Waals surface area contributed by atoms with E-state index in [-0.39, 0.29) is 22.7 Å². The highest BCUT2D eigenvalue weighted by Gasteiger charge is 2.52. The summed E-state index contributed by atoms with van der Waals surface area (Å²) in [5, 5.41) is 0. The lowest BCUT2D eigenvalue weighted by Gasteiger charge is -2.38. The van der Waals surface area contributed by atoms with E-state index in [9.17, 15) is 17.2 Å². The molecular weight excluding hydrogens is 388 g/mol. The standard InChI is InChI=1S/C20H27F2NO4S/c1-4-8-20(21,22)27-17-7-5-6-16(11-17)26-18(2,3)12-23-10-9-19(13-23)14-28(24,25)15-19/h4-7,11H,1,8-10,12-15H2,2-3H3. The molecule has 2 fully saturated rings. The molecule has 0 saturated carbocycles. The maximum Gasteiger partial charge on any atom is 0.401 e. The molecule has 0 radical (unpaired) electrons. The summed E-state index contributed by atoms with van der Waals surface area (Å²) in [5.74, 6) is 1.02. The third-order valence-corrected chi connectivity index (χ3v) is 7.13. The van der Waals surface area contributed by atoms with Crippen molar-refractivity contribution in [3.05, 3.63) is 36.9 Å². The van der Waals surface area contributed by atoms with Gasteiger partial charge in [-0.2, -0.15) is 8.78 Å². The van der Waals surface area contributed by atoms with Crippen LogP contribution in [0.1, 0.15) is 26.7 Å². The maximum absolute atomic E-state index is 13.6. The molecule has 0 aromatic heterocycles. The van der Waals surface area contributed by atoms with E-state index in [1.807, 2.05) is 13.8 Å². The van der Waals surface area contributed by atoms with Crippen molar-refractivity contribution >= 4 is 9.84 Å². The Bertz CT molecular complexity index is 826. The first-order chi connectivity index (χ1) is 12.9. The predicted octanol–water partition coefficient (Wildman–Crippen LogP) is 3.51. The number of rotatable bonds is 8. The van der Waals surface area contributed by atoms with Crippen LogP contribution in [0.25, 0.3) is 0 Å². The zero-order valence-electron chi connectivity index (χ0n) is 16.3. The van der Waals surface area contributed by atoms with Crippen molar-refractivity contribution in [1.82, 2.24) is 4.90 Å². The fourth-order valence-electron chi connectivity index (χ4n) is 4.16. The molecule has 1 aromatic rings. The van der Waals surface area contributed by atoms with Crippen LogP contribution in [0.2, 0.25) is 0 Å². The molecule has 1 spiro atoms. The first-order valence-corrected chi connectivity index (χ1v) is 11.1. The van der Waals surface area contributed by atoms with Crippen molar-refractivity contribution < 1.29 is 26.7 Å². The molecule has 0 amide bonds. The topological polar surface area (TPSA) is 55.8 Å². The summed E-state index contributed by atoms with van der Waals surface area (Å²) in [7, 11) is -2.85. The normalized spacial score (nSPS) is 21.3. The second kappa shape index (κ2) is 7.30. The number of sulfone groups is 1. The van der Waals surface area contributed by atoms with Crippen molar-refractivity contribution in [1.29, 1.82) is 0 Å². The van der Waals surface area contributed by atoms with Crippen LogP contribution in [0.3, 0.4) is 0 Å². The van der Waals surface area contributed by atoms with Gasteiger partial charge in [0.15, 0.2) is 9.84 Å². The summed E-state index contributed by atoms with van der Waals surface area (Å²) in [6.45, 7) is 9.36. The summed E-state index contributed by atoms with van der Waals surface area (Å²) in [5.41, 5.74) is -0.671. The SMILES string of the molecule is C=CCC(F)(F)Oc1cccc(OC(C)(C)CN2CCC3(C2)CS(=O)(=O)C3)c1. The molecule has 0 atom stereocenters. The van der Waals surface area contributed by atoms with Gasteiger partial charge in [-0.1, -0.05) is 12.1 Å². The van der Waals surface area contributed by atoms with Crippen LogP contribution < -0.4 is 9.47 Å². The van der Waals surface area contributed by atoms with Crippen molar-refractivity contribution in [2.75, 3.05) is 31.1 Å². The molecule has 0 unspecified atom stereocenters. The first kappa shape index (κ1) is 21.0. The smallest absolute Gasteiger partial charge is 0.401 e. The molecule has 3 rings (SSSR count). The Labute approximate surface area is 165 Å². The number of nitrogens with zero attached hydrogens (tertiary/aromatic N) is 1. The Morgan fingerprint density at radius 3 is 2.50 bits per heavy atom. The molecule has 2 heterocycles. The molecule has 2 aliphatic heterocycles. The summed E-state index contributed by atoms with van der Waals surface area (Å²) in [4.78, 5) is 2.22. The predicted molar refractivity (Wildman–Crippen MR) is 104 cm³/mol. The monoisotopic (exact) mass is 415 g/mol. The van der Waals surface area contributed by atoms with Gasteiger partial charge in [0.1, 0.15) is 17.1 Å². The molecule has 2 aliphatic rings. The van der Waals surface area contributed by atoms with Crippen LogP contribution in [0.5, 0.6) is 11.5 Å². The fourth-order valence-corrected chi connectivity index (χ4v) is 6.41. The largest absolute Gasteiger partial charge is 0.486 e. The van der Waals surface area contributed by atoms with Gasteiger partial charge in [0.25, 0.3) is 0 Å². The minimum atomic E-state index is -3.32. The average molecular weight is 416 g/mol. The summed E-state index contributed by atoms with van der Waals surface area (Å²) >= 11 is 0. The van der Waals surface area contributed by atoms with Crippen molar-refractivity contribution in [3.63, 3.8) is 0 Å². The molecule has 0 aliphatic carbocycles. The molecule has 0 N–H and O–H groups in total. The molecule has 28 heavy (non-hydrogen) atoms. The van der Waals surface area contributed by atoms with Gasteiger partial charge >= 0.3 is 6.11 Å². The van der Waals surface area contributed by atoms with Gasteiger partial charge in [-0.05, 0) is 38.9 Å². The van der Waals surface area contributed by atoms with E-state index in [4.69, 9.17) is 9.47 Å². The van der Waals surface area contributed by atoms with Gasteiger partial charge in [-0.3, -0.25) is 4.90 Å². The Hall–Kier alpha value is -1.67. The Morgan fingerprint density at radius 1 is 1.25 bits per heavy atom. The zero-order valence-corrected chi connectivity index (χ0v) is 17.1. The highest BCUT2D eigenvalue weighted by Crippen LogP contribution is 2.42. The Balaban J connectivity index is 1.58. The summed E-state index contributed by atoms with van der Waals surface area (Å²) < 4.78 is 61.1.